The van der Waals surface area contributed by atoms with E-state index in [0.29, 0.717) is 22.9 Å². The number of hydrogen-bond donors (Lipinski definition) is 3. The topological polar surface area (TPSA) is 126 Å². The fraction of sp³-hybridized carbons (Fsp3) is 0.0417. The first kappa shape index (κ1) is 19.3. The summed E-state index contributed by atoms with van der Waals surface area (Å²) in [4.78, 5) is 30.2. The van der Waals surface area contributed by atoms with Crippen molar-refractivity contribution in [2.75, 3.05) is 5.73 Å². The molecule has 9 heteroatoms. The maximum absolute atomic E-state index is 11.7. The molecule has 0 atom stereocenters. The molecular formula is C24H17N7OS. The fourth-order valence-corrected chi connectivity index (χ4v) is 4.82. The Morgan fingerprint density at radius 2 is 1.97 bits per heavy atom. The second kappa shape index (κ2) is 7.35. The van der Waals surface area contributed by atoms with Crippen molar-refractivity contribution >= 4 is 44.9 Å². The summed E-state index contributed by atoms with van der Waals surface area (Å²) in [5, 5.41) is 8.51. The van der Waals surface area contributed by atoms with Crippen LogP contribution in [0.1, 0.15) is 16.6 Å². The number of nitrogens with one attached hydrogen (secondary N) is 2. The molecule has 1 aromatic carbocycles. The first-order valence-corrected chi connectivity index (χ1v) is 11.0. The lowest BCUT2D eigenvalue weighted by Gasteiger charge is -2.03. The summed E-state index contributed by atoms with van der Waals surface area (Å²) in [7, 11) is 0. The highest BCUT2D eigenvalue weighted by Gasteiger charge is 2.17. The minimum atomic E-state index is 0.0519. The lowest BCUT2D eigenvalue weighted by Crippen LogP contribution is -1.88. The molecule has 0 amide bonds. The van der Waals surface area contributed by atoms with Crippen molar-refractivity contribution in [2.45, 2.75) is 6.92 Å². The van der Waals surface area contributed by atoms with Gasteiger partial charge in [0.25, 0.3) is 0 Å². The summed E-state index contributed by atoms with van der Waals surface area (Å²) in [6.45, 7) is 1.57. The number of hydrogen-bond acceptors (Lipinski definition) is 7. The number of aromatic nitrogens is 6. The third-order valence-electron chi connectivity index (χ3n) is 5.49. The molecule has 0 fully saturated rings. The molecule has 0 saturated heterocycles. The number of nitrogens with zero attached hydrogens (tertiary/aromatic N) is 4. The van der Waals surface area contributed by atoms with Gasteiger partial charge in [0.1, 0.15) is 5.69 Å². The Kier molecular flexibility index (Phi) is 4.30. The molecule has 0 aliphatic heterocycles. The van der Waals surface area contributed by atoms with E-state index in [0.717, 1.165) is 42.9 Å². The number of nitrogen functional groups attached to an aromatic ring is 1. The van der Waals surface area contributed by atoms with Crippen molar-refractivity contribution in [1.82, 2.24) is 30.1 Å². The highest BCUT2D eigenvalue weighted by molar-refractivity contribution is 7.17. The van der Waals surface area contributed by atoms with Gasteiger partial charge in [0, 0.05) is 40.0 Å². The Bertz CT molecular complexity index is 1680. The molecule has 4 N–H and O–H groups in total. The molecule has 0 spiro atoms. The summed E-state index contributed by atoms with van der Waals surface area (Å²) < 4.78 is 0. The minimum Gasteiger partial charge on any atom is -0.397 e. The third-order valence-corrected chi connectivity index (χ3v) is 6.71. The van der Waals surface area contributed by atoms with E-state index in [1.54, 1.807) is 25.5 Å². The maximum Gasteiger partial charge on any atom is 0.178 e. The lowest BCUT2D eigenvalue weighted by molar-refractivity contribution is 0.102. The number of anilines is 1. The molecule has 160 valence electrons. The minimum absolute atomic E-state index is 0.0519. The SMILES string of the molecule is CC(=O)c1ccc(-c2ccnc3nc(-c4n[nH]c5ccc(-c6cncc(N)c6)cc45)[nH]c23)s1. The zero-order chi connectivity index (χ0) is 22.5. The second-order valence-corrected chi connectivity index (χ2v) is 8.79. The van der Waals surface area contributed by atoms with E-state index < -0.39 is 0 Å². The van der Waals surface area contributed by atoms with Crippen molar-refractivity contribution in [3.8, 4) is 33.1 Å². The van der Waals surface area contributed by atoms with Crippen LogP contribution >= 0.6 is 11.3 Å². The quantitative estimate of drug-likeness (QED) is 0.321. The number of carbonyl (C=O) groups is 1. The van der Waals surface area contributed by atoms with E-state index >= 15 is 0 Å². The number of H-pyrrole nitrogens is 2. The molecule has 8 nitrogen and oxygen atoms in total. The Morgan fingerprint density at radius 1 is 1.06 bits per heavy atom. The van der Waals surface area contributed by atoms with Gasteiger partial charge in [-0.1, -0.05) is 6.07 Å². The van der Waals surface area contributed by atoms with Crippen LogP contribution in [0, 0.1) is 0 Å². The lowest BCUT2D eigenvalue weighted by atomic mass is 10.0. The van der Waals surface area contributed by atoms with Crippen LogP contribution in [0.25, 0.3) is 55.2 Å². The van der Waals surface area contributed by atoms with Crippen LogP contribution in [0.15, 0.2) is 61.1 Å². The summed E-state index contributed by atoms with van der Waals surface area (Å²) in [6.07, 6.45) is 5.13. The average Bonchev–Trinajstić information content (AvgIpc) is 3.55. The van der Waals surface area contributed by atoms with Gasteiger partial charge in [-0.25, -0.2) is 9.97 Å². The molecule has 6 aromatic rings. The van der Waals surface area contributed by atoms with Crippen LogP contribution in [-0.2, 0) is 0 Å². The second-order valence-electron chi connectivity index (χ2n) is 7.70. The molecule has 0 bridgehead atoms. The normalized spacial score (nSPS) is 11.4. The van der Waals surface area contributed by atoms with Gasteiger partial charge in [0.15, 0.2) is 17.3 Å². The van der Waals surface area contributed by atoms with Gasteiger partial charge in [-0.15, -0.1) is 11.3 Å². The molecule has 5 aromatic heterocycles. The van der Waals surface area contributed by atoms with E-state index in [1.165, 1.54) is 11.3 Å². The number of thiophene rings is 1. The molecule has 0 unspecified atom stereocenters. The van der Waals surface area contributed by atoms with Crippen molar-refractivity contribution in [1.29, 1.82) is 0 Å². The Morgan fingerprint density at radius 3 is 2.79 bits per heavy atom. The number of Topliss-reactive ketones (excluding diaryl/α,β-unsaturated/α-hetero) is 1. The summed E-state index contributed by atoms with van der Waals surface area (Å²) in [5.41, 5.74) is 12.4. The highest BCUT2D eigenvalue weighted by atomic mass is 32.1. The Hall–Kier alpha value is -4.37. The number of fused-ring (bicyclic) bond motifs is 2. The maximum atomic E-state index is 11.7. The van der Waals surface area contributed by atoms with E-state index in [-0.39, 0.29) is 5.78 Å². The van der Waals surface area contributed by atoms with Crippen molar-refractivity contribution in [3.05, 3.63) is 65.9 Å². The Balaban J connectivity index is 1.48. The van der Waals surface area contributed by atoms with Gasteiger partial charge in [-0.2, -0.15) is 5.10 Å². The number of ketones is 1. The zero-order valence-electron chi connectivity index (χ0n) is 17.5. The van der Waals surface area contributed by atoms with E-state index in [2.05, 4.69) is 25.1 Å². The summed E-state index contributed by atoms with van der Waals surface area (Å²) in [6, 6.07) is 13.6. The predicted molar refractivity (Wildman–Crippen MR) is 130 cm³/mol. The van der Waals surface area contributed by atoms with E-state index in [4.69, 9.17) is 10.7 Å². The first-order valence-electron chi connectivity index (χ1n) is 10.2. The number of benzene rings is 1. The molecule has 33 heavy (non-hydrogen) atoms. The van der Waals surface area contributed by atoms with Gasteiger partial charge in [0.05, 0.1) is 21.6 Å². The van der Waals surface area contributed by atoms with E-state index in [1.807, 2.05) is 42.5 Å². The highest BCUT2D eigenvalue weighted by Crippen LogP contribution is 2.35. The fourth-order valence-electron chi connectivity index (χ4n) is 3.89. The molecule has 5 heterocycles. The number of rotatable bonds is 4. The third kappa shape index (κ3) is 3.26. The van der Waals surface area contributed by atoms with Crippen molar-refractivity contribution < 1.29 is 4.79 Å². The van der Waals surface area contributed by atoms with Crippen molar-refractivity contribution in [2.24, 2.45) is 0 Å². The van der Waals surface area contributed by atoms with Crippen LogP contribution in [0.3, 0.4) is 0 Å². The molecule has 0 saturated carbocycles. The molecule has 6 rings (SSSR count). The average molecular weight is 452 g/mol. The molecular weight excluding hydrogens is 434 g/mol. The van der Waals surface area contributed by atoms with Crippen LogP contribution in [0.5, 0.6) is 0 Å². The molecule has 0 aliphatic carbocycles. The van der Waals surface area contributed by atoms with Crippen LogP contribution in [0.4, 0.5) is 5.69 Å². The van der Waals surface area contributed by atoms with Crippen LogP contribution in [0.2, 0.25) is 0 Å². The first-order chi connectivity index (χ1) is 16.1. The summed E-state index contributed by atoms with van der Waals surface area (Å²) >= 11 is 1.46. The zero-order valence-corrected chi connectivity index (χ0v) is 18.3. The summed E-state index contributed by atoms with van der Waals surface area (Å²) in [5.74, 6) is 0.665. The van der Waals surface area contributed by atoms with Gasteiger partial charge < -0.3 is 10.7 Å². The Labute approximate surface area is 191 Å². The number of imidazole rings is 1. The van der Waals surface area contributed by atoms with E-state index in [9.17, 15) is 4.79 Å². The molecule has 0 radical (unpaired) electrons. The van der Waals surface area contributed by atoms with Crippen molar-refractivity contribution in [3.63, 3.8) is 0 Å². The van der Waals surface area contributed by atoms with Gasteiger partial charge in [-0.05, 0) is 48.9 Å². The molecule has 0 aliphatic rings. The van der Waals surface area contributed by atoms with Gasteiger partial charge >= 0.3 is 0 Å². The number of aromatic amines is 2. The number of carbonyl (C=O) groups excluding carboxylic acids is 1. The van der Waals surface area contributed by atoms with Crippen LogP contribution < -0.4 is 5.73 Å². The number of pyridine rings is 2. The monoisotopic (exact) mass is 451 g/mol. The smallest absolute Gasteiger partial charge is 0.178 e. The number of nitrogens with two attached hydrogens (primary N) is 1. The largest absolute Gasteiger partial charge is 0.397 e. The van der Waals surface area contributed by atoms with Gasteiger partial charge in [-0.3, -0.25) is 14.9 Å². The van der Waals surface area contributed by atoms with Gasteiger partial charge in [0.2, 0.25) is 0 Å². The predicted octanol–water partition coefficient (Wildman–Crippen LogP) is 5.08. The van der Waals surface area contributed by atoms with Crippen LogP contribution in [-0.4, -0.2) is 35.9 Å². The standard InChI is InChI=1S/C24H17N7OS/c1-12(32)19-4-5-20(33-19)16-6-7-27-23-21(16)28-24(29-23)22-17-9-13(2-3-18(17)30-31-22)14-8-15(25)11-26-10-14/h2-11H,25H2,1H3,(H,30,31)(H,27,28,29).